The molecule has 122 valence electrons. The van der Waals surface area contributed by atoms with Gasteiger partial charge in [-0.15, -0.1) is 0 Å². The number of nitrogens with zero attached hydrogens (tertiary/aromatic N) is 1. The van der Waals surface area contributed by atoms with Crippen molar-refractivity contribution < 1.29 is 9.59 Å². The third-order valence-electron chi connectivity index (χ3n) is 4.26. The number of Topliss-reactive ketones (excluding diaryl/α,β-unsaturated/α-hetero) is 1. The molecule has 4 nitrogen and oxygen atoms in total. The van der Waals surface area contributed by atoms with E-state index in [1.807, 2.05) is 68.8 Å². The van der Waals surface area contributed by atoms with E-state index in [1.54, 1.807) is 6.20 Å². The fourth-order valence-corrected chi connectivity index (χ4v) is 3.19. The van der Waals surface area contributed by atoms with E-state index in [1.165, 1.54) is 0 Å². The van der Waals surface area contributed by atoms with Crippen LogP contribution in [0.1, 0.15) is 27.0 Å². The highest BCUT2D eigenvalue weighted by atomic mass is 16.2. The maximum atomic E-state index is 12.6. The summed E-state index contributed by atoms with van der Waals surface area (Å²) in [6.45, 7) is 5.86. The van der Waals surface area contributed by atoms with Gasteiger partial charge in [-0.05, 0) is 38.0 Å². The molecule has 0 spiro atoms. The molecule has 24 heavy (non-hydrogen) atoms. The Morgan fingerprint density at radius 3 is 2.29 bits per heavy atom. The monoisotopic (exact) mass is 320 g/mol. The number of aryl methyl sites for hydroxylation is 4. The molecule has 4 heteroatoms. The normalized spacial score (nSPS) is 10.8. The van der Waals surface area contributed by atoms with Crippen molar-refractivity contribution in [3.8, 4) is 0 Å². The van der Waals surface area contributed by atoms with Gasteiger partial charge in [-0.3, -0.25) is 9.59 Å². The zero-order chi connectivity index (χ0) is 17.4. The van der Waals surface area contributed by atoms with Crippen LogP contribution in [0.3, 0.4) is 0 Å². The number of ketones is 1. The number of hydrogen-bond acceptors (Lipinski definition) is 2. The molecular formula is C20H20N2O2. The lowest BCUT2D eigenvalue weighted by molar-refractivity contribution is -0.112. The molecule has 0 saturated heterocycles. The van der Waals surface area contributed by atoms with E-state index in [-0.39, 0.29) is 0 Å². The fourth-order valence-electron chi connectivity index (χ4n) is 3.19. The zero-order valence-corrected chi connectivity index (χ0v) is 14.3. The standard InChI is InChI=1S/C20H20N2O2/c1-12-9-13(2)18(14(3)10-12)21-20(24)19(23)16-11-22(4)17-8-6-5-7-15(16)17/h5-11H,1-4H3,(H,21,24). The Morgan fingerprint density at radius 2 is 1.62 bits per heavy atom. The van der Waals surface area contributed by atoms with Crippen LogP contribution in [0.25, 0.3) is 10.9 Å². The summed E-state index contributed by atoms with van der Waals surface area (Å²) in [6, 6.07) is 11.5. The Kier molecular flexibility index (Phi) is 3.97. The minimum atomic E-state index is -0.610. The van der Waals surface area contributed by atoms with Crippen molar-refractivity contribution in [1.29, 1.82) is 0 Å². The molecule has 0 radical (unpaired) electrons. The summed E-state index contributed by atoms with van der Waals surface area (Å²) in [7, 11) is 1.87. The Bertz CT molecular complexity index is 944. The predicted octanol–water partition coefficient (Wildman–Crippen LogP) is 3.92. The van der Waals surface area contributed by atoms with Crippen LogP contribution in [0.4, 0.5) is 5.69 Å². The molecule has 0 aliphatic carbocycles. The average molecular weight is 320 g/mol. The number of fused-ring (bicyclic) bond motifs is 1. The minimum absolute atomic E-state index is 0.424. The Balaban J connectivity index is 1.94. The molecular weight excluding hydrogens is 300 g/mol. The van der Waals surface area contributed by atoms with Crippen molar-refractivity contribution in [2.24, 2.45) is 7.05 Å². The van der Waals surface area contributed by atoms with Crippen molar-refractivity contribution in [1.82, 2.24) is 4.57 Å². The SMILES string of the molecule is Cc1cc(C)c(NC(=O)C(=O)c2cn(C)c3ccccc23)c(C)c1. The van der Waals surface area contributed by atoms with Crippen LogP contribution in [-0.4, -0.2) is 16.3 Å². The molecule has 3 rings (SSSR count). The molecule has 0 aliphatic heterocycles. The number of anilines is 1. The highest BCUT2D eigenvalue weighted by Gasteiger charge is 2.22. The Morgan fingerprint density at radius 1 is 1.00 bits per heavy atom. The van der Waals surface area contributed by atoms with Crippen LogP contribution >= 0.6 is 0 Å². The Labute approximate surface area is 141 Å². The Hall–Kier alpha value is -2.88. The number of para-hydroxylation sites is 1. The van der Waals surface area contributed by atoms with Crippen LogP contribution in [-0.2, 0) is 11.8 Å². The number of carbonyl (C=O) groups is 2. The summed E-state index contributed by atoms with van der Waals surface area (Å²) in [6.07, 6.45) is 1.71. The first kappa shape index (κ1) is 16.0. The van der Waals surface area contributed by atoms with Gasteiger partial charge >= 0.3 is 0 Å². The van der Waals surface area contributed by atoms with E-state index in [0.29, 0.717) is 11.3 Å². The second-order valence-corrected chi connectivity index (χ2v) is 6.23. The fraction of sp³-hybridized carbons (Fsp3) is 0.200. The van der Waals surface area contributed by atoms with Gasteiger partial charge in [-0.1, -0.05) is 35.9 Å². The largest absolute Gasteiger partial charge is 0.350 e. The van der Waals surface area contributed by atoms with Gasteiger partial charge in [-0.25, -0.2) is 0 Å². The maximum Gasteiger partial charge on any atom is 0.296 e. The summed E-state index contributed by atoms with van der Waals surface area (Å²) in [5.41, 5.74) is 5.09. The number of rotatable bonds is 3. The molecule has 1 N–H and O–H groups in total. The molecule has 1 heterocycles. The first-order valence-corrected chi connectivity index (χ1v) is 7.86. The lowest BCUT2D eigenvalue weighted by atomic mass is 10.0. The van der Waals surface area contributed by atoms with Crippen LogP contribution < -0.4 is 5.32 Å². The molecule has 0 aliphatic rings. The number of nitrogens with one attached hydrogen (secondary N) is 1. The molecule has 0 saturated carbocycles. The van der Waals surface area contributed by atoms with E-state index in [4.69, 9.17) is 0 Å². The van der Waals surface area contributed by atoms with Crippen LogP contribution in [0.2, 0.25) is 0 Å². The molecule has 1 amide bonds. The summed E-state index contributed by atoms with van der Waals surface area (Å²) in [5.74, 6) is -1.13. The van der Waals surface area contributed by atoms with E-state index in [2.05, 4.69) is 5.32 Å². The summed E-state index contributed by atoms with van der Waals surface area (Å²) in [4.78, 5) is 25.1. The maximum absolute atomic E-state index is 12.6. The third kappa shape index (κ3) is 2.71. The van der Waals surface area contributed by atoms with Crippen LogP contribution in [0.15, 0.2) is 42.6 Å². The van der Waals surface area contributed by atoms with E-state index >= 15 is 0 Å². The van der Waals surface area contributed by atoms with Gasteiger partial charge in [0.05, 0.1) is 5.56 Å². The van der Waals surface area contributed by atoms with Gasteiger partial charge in [0.15, 0.2) is 0 Å². The highest BCUT2D eigenvalue weighted by Crippen LogP contribution is 2.24. The van der Waals surface area contributed by atoms with Crippen molar-refractivity contribution in [3.05, 3.63) is 64.8 Å². The predicted molar refractivity (Wildman–Crippen MR) is 96.5 cm³/mol. The average Bonchev–Trinajstić information content (AvgIpc) is 2.87. The van der Waals surface area contributed by atoms with Gasteiger partial charge in [0.25, 0.3) is 11.7 Å². The summed E-state index contributed by atoms with van der Waals surface area (Å²) in [5, 5.41) is 3.57. The lowest BCUT2D eigenvalue weighted by Crippen LogP contribution is -2.23. The zero-order valence-electron chi connectivity index (χ0n) is 14.3. The van der Waals surface area contributed by atoms with Gasteiger partial charge in [-0.2, -0.15) is 0 Å². The van der Waals surface area contributed by atoms with E-state index in [0.717, 1.165) is 27.6 Å². The molecule has 0 bridgehead atoms. The third-order valence-corrected chi connectivity index (χ3v) is 4.26. The number of hydrogen-bond donors (Lipinski definition) is 1. The molecule has 0 atom stereocenters. The first-order chi connectivity index (χ1) is 11.4. The molecule has 2 aromatic carbocycles. The van der Waals surface area contributed by atoms with Gasteiger partial charge in [0.2, 0.25) is 0 Å². The molecule has 1 aromatic heterocycles. The lowest BCUT2D eigenvalue weighted by Gasteiger charge is -2.12. The van der Waals surface area contributed by atoms with Crippen LogP contribution in [0.5, 0.6) is 0 Å². The minimum Gasteiger partial charge on any atom is -0.350 e. The number of carbonyl (C=O) groups excluding carboxylic acids is 2. The number of aromatic nitrogens is 1. The second-order valence-electron chi connectivity index (χ2n) is 6.23. The van der Waals surface area contributed by atoms with Gasteiger partial charge in [0, 0.05) is 29.8 Å². The number of benzene rings is 2. The second kappa shape index (κ2) is 5.96. The van der Waals surface area contributed by atoms with E-state index < -0.39 is 11.7 Å². The molecule has 0 fully saturated rings. The van der Waals surface area contributed by atoms with Crippen molar-refractivity contribution in [2.45, 2.75) is 20.8 Å². The van der Waals surface area contributed by atoms with Crippen molar-refractivity contribution in [3.63, 3.8) is 0 Å². The summed E-state index contributed by atoms with van der Waals surface area (Å²) < 4.78 is 1.86. The topological polar surface area (TPSA) is 51.1 Å². The smallest absolute Gasteiger partial charge is 0.296 e. The van der Waals surface area contributed by atoms with Gasteiger partial charge in [0.1, 0.15) is 0 Å². The molecule has 3 aromatic rings. The van der Waals surface area contributed by atoms with Crippen LogP contribution in [0, 0.1) is 20.8 Å². The quantitative estimate of drug-likeness (QED) is 0.587. The van der Waals surface area contributed by atoms with E-state index in [9.17, 15) is 9.59 Å². The summed E-state index contributed by atoms with van der Waals surface area (Å²) >= 11 is 0. The highest BCUT2D eigenvalue weighted by molar-refractivity contribution is 6.48. The van der Waals surface area contributed by atoms with Gasteiger partial charge < -0.3 is 9.88 Å². The van der Waals surface area contributed by atoms with Crippen molar-refractivity contribution in [2.75, 3.05) is 5.32 Å². The number of amides is 1. The molecule has 0 unspecified atom stereocenters. The first-order valence-electron chi connectivity index (χ1n) is 7.86. The van der Waals surface area contributed by atoms with Crippen molar-refractivity contribution >= 4 is 28.3 Å².